The lowest BCUT2D eigenvalue weighted by molar-refractivity contribution is -0.162. The number of aliphatic carboxylic acids is 1. The van der Waals surface area contributed by atoms with Crippen molar-refractivity contribution in [3.05, 3.63) is 29.6 Å². The third-order valence-electron chi connectivity index (χ3n) is 4.67. The molecule has 1 amide bonds. The van der Waals surface area contributed by atoms with Gasteiger partial charge >= 0.3 is 5.97 Å². The Morgan fingerprint density at radius 3 is 2.67 bits per heavy atom. The molecule has 0 saturated carbocycles. The highest BCUT2D eigenvalue weighted by Gasteiger charge is 2.48. The number of benzene rings is 1. The molecule has 1 aromatic rings. The lowest BCUT2D eigenvalue weighted by atomic mass is 9.72. The quantitative estimate of drug-likeness (QED) is 0.856. The summed E-state index contributed by atoms with van der Waals surface area (Å²) in [4.78, 5) is 25.5. The molecule has 132 valence electrons. The van der Waals surface area contributed by atoms with Crippen molar-refractivity contribution in [1.29, 1.82) is 0 Å². The number of hydrogen-bond donors (Lipinski definition) is 2. The number of carbonyl (C=O) groups is 2. The standard InChI is InChI=1S/C17H22FNO5/c1-3-6-17(16(22)23)7-8-19(10-14(17)20)15(21)11-4-5-13(24-2)12(18)9-11/h4-5,9,14,20H,3,6-8,10H2,1-2H3,(H,22,23)/t14-,17-/m0/s1. The van der Waals surface area contributed by atoms with E-state index in [0.717, 1.165) is 6.07 Å². The molecule has 2 N–H and O–H groups in total. The van der Waals surface area contributed by atoms with Crippen LogP contribution in [0.25, 0.3) is 0 Å². The number of hydrogen-bond acceptors (Lipinski definition) is 4. The topological polar surface area (TPSA) is 87.1 Å². The second kappa shape index (κ2) is 7.17. The Bertz CT molecular complexity index is 635. The summed E-state index contributed by atoms with van der Waals surface area (Å²) in [7, 11) is 1.33. The van der Waals surface area contributed by atoms with Crippen molar-refractivity contribution in [1.82, 2.24) is 4.90 Å². The van der Waals surface area contributed by atoms with Crippen LogP contribution in [0.2, 0.25) is 0 Å². The molecule has 1 fully saturated rings. The van der Waals surface area contributed by atoms with E-state index in [9.17, 15) is 24.2 Å². The molecule has 7 heteroatoms. The number of carboxylic acid groups (broad SMARTS) is 1. The Kier molecular flexibility index (Phi) is 5.43. The largest absolute Gasteiger partial charge is 0.494 e. The van der Waals surface area contributed by atoms with Gasteiger partial charge in [-0.25, -0.2) is 4.39 Å². The zero-order valence-electron chi connectivity index (χ0n) is 13.8. The van der Waals surface area contributed by atoms with Crippen molar-refractivity contribution in [3.8, 4) is 5.75 Å². The predicted molar refractivity (Wildman–Crippen MR) is 84.5 cm³/mol. The van der Waals surface area contributed by atoms with Crippen molar-refractivity contribution in [2.45, 2.75) is 32.3 Å². The molecule has 1 aliphatic rings. The summed E-state index contributed by atoms with van der Waals surface area (Å²) in [6.45, 7) is 1.98. The Morgan fingerprint density at radius 1 is 1.46 bits per heavy atom. The molecule has 0 bridgehead atoms. The minimum Gasteiger partial charge on any atom is -0.494 e. The molecule has 0 spiro atoms. The molecule has 0 aromatic heterocycles. The molecule has 1 saturated heterocycles. The van der Waals surface area contributed by atoms with Crippen LogP contribution in [-0.4, -0.2) is 53.3 Å². The van der Waals surface area contributed by atoms with Gasteiger partial charge in [0.25, 0.3) is 5.91 Å². The third kappa shape index (κ3) is 3.21. The van der Waals surface area contributed by atoms with Crippen LogP contribution in [0.15, 0.2) is 18.2 Å². The first-order valence-electron chi connectivity index (χ1n) is 7.90. The summed E-state index contributed by atoms with van der Waals surface area (Å²) in [6, 6.07) is 3.89. The molecular weight excluding hydrogens is 317 g/mol. The lowest BCUT2D eigenvalue weighted by Gasteiger charge is -2.42. The fraction of sp³-hybridized carbons (Fsp3) is 0.529. The number of ether oxygens (including phenoxy) is 1. The van der Waals surface area contributed by atoms with Gasteiger partial charge in [0.1, 0.15) is 0 Å². The maximum absolute atomic E-state index is 13.8. The molecule has 1 heterocycles. The number of rotatable bonds is 5. The summed E-state index contributed by atoms with van der Waals surface area (Å²) >= 11 is 0. The highest BCUT2D eigenvalue weighted by Crippen LogP contribution is 2.37. The Morgan fingerprint density at radius 2 is 2.17 bits per heavy atom. The van der Waals surface area contributed by atoms with Crippen molar-refractivity contribution in [2.75, 3.05) is 20.2 Å². The van der Waals surface area contributed by atoms with Crippen molar-refractivity contribution in [3.63, 3.8) is 0 Å². The number of carboxylic acids is 1. The summed E-state index contributed by atoms with van der Waals surface area (Å²) in [5.74, 6) is -2.09. The molecule has 0 radical (unpaired) electrons. The Labute approximate surface area is 139 Å². The number of aliphatic hydroxyl groups is 1. The van der Waals surface area contributed by atoms with Crippen LogP contribution in [0.1, 0.15) is 36.5 Å². The summed E-state index contributed by atoms with van der Waals surface area (Å²) < 4.78 is 18.6. The molecular formula is C17H22FNO5. The van der Waals surface area contributed by atoms with E-state index in [1.807, 2.05) is 6.92 Å². The molecule has 0 aliphatic carbocycles. The number of carbonyl (C=O) groups excluding carboxylic acids is 1. The van der Waals surface area contributed by atoms with E-state index in [4.69, 9.17) is 4.74 Å². The van der Waals surface area contributed by atoms with Gasteiger partial charge in [0, 0.05) is 18.7 Å². The van der Waals surface area contributed by atoms with Crippen molar-refractivity contribution >= 4 is 11.9 Å². The van der Waals surface area contributed by atoms with Crippen LogP contribution in [0, 0.1) is 11.2 Å². The van der Waals surface area contributed by atoms with Crippen LogP contribution in [0.3, 0.4) is 0 Å². The van der Waals surface area contributed by atoms with Gasteiger partial charge in [-0.05, 0) is 31.0 Å². The van der Waals surface area contributed by atoms with E-state index in [2.05, 4.69) is 0 Å². The van der Waals surface area contributed by atoms with Gasteiger partial charge in [-0.2, -0.15) is 0 Å². The minimum absolute atomic E-state index is 0.0399. The smallest absolute Gasteiger partial charge is 0.312 e. The third-order valence-corrected chi connectivity index (χ3v) is 4.67. The number of likely N-dealkylation sites (tertiary alicyclic amines) is 1. The SMILES string of the molecule is CCC[C@]1(C(=O)O)CCN(C(=O)c2ccc(OC)c(F)c2)C[C@@H]1O. The number of amides is 1. The van der Waals surface area contributed by atoms with Crippen molar-refractivity contribution < 1.29 is 28.9 Å². The summed E-state index contributed by atoms with van der Waals surface area (Å²) in [6.07, 6.45) is -0.0125. The maximum Gasteiger partial charge on any atom is 0.312 e. The van der Waals surface area contributed by atoms with E-state index in [-0.39, 0.29) is 30.8 Å². The number of aliphatic hydroxyl groups excluding tert-OH is 1. The van der Waals surface area contributed by atoms with E-state index in [1.165, 1.54) is 24.1 Å². The van der Waals surface area contributed by atoms with E-state index < -0.39 is 29.2 Å². The number of nitrogens with zero attached hydrogens (tertiary/aromatic N) is 1. The number of piperidine rings is 1. The van der Waals surface area contributed by atoms with E-state index >= 15 is 0 Å². The second-order valence-electron chi connectivity index (χ2n) is 6.08. The van der Waals surface area contributed by atoms with Crippen LogP contribution in [0.5, 0.6) is 5.75 Å². The van der Waals surface area contributed by atoms with Crippen LogP contribution in [0.4, 0.5) is 4.39 Å². The van der Waals surface area contributed by atoms with Crippen molar-refractivity contribution in [2.24, 2.45) is 5.41 Å². The highest BCUT2D eigenvalue weighted by molar-refractivity contribution is 5.94. The molecule has 1 aromatic carbocycles. The monoisotopic (exact) mass is 339 g/mol. The van der Waals surface area contributed by atoms with Gasteiger partial charge in [-0.15, -0.1) is 0 Å². The number of methoxy groups -OCH3 is 1. The molecule has 24 heavy (non-hydrogen) atoms. The first kappa shape index (κ1) is 18.2. The average Bonchev–Trinajstić information content (AvgIpc) is 2.55. The van der Waals surface area contributed by atoms with E-state index in [1.54, 1.807) is 0 Å². The van der Waals surface area contributed by atoms with Gasteiger partial charge in [0.2, 0.25) is 0 Å². The second-order valence-corrected chi connectivity index (χ2v) is 6.08. The first-order chi connectivity index (χ1) is 11.4. The molecule has 0 unspecified atom stereocenters. The lowest BCUT2D eigenvalue weighted by Crippen LogP contribution is -2.56. The fourth-order valence-electron chi connectivity index (χ4n) is 3.24. The van der Waals surface area contributed by atoms with Crippen LogP contribution < -0.4 is 4.74 Å². The zero-order valence-corrected chi connectivity index (χ0v) is 13.8. The van der Waals surface area contributed by atoms with Crippen LogP contribution in [-0.2, 0) is 4.79 Å². The number of β-amino-alcohol motifs (C(OH)–C–C–N with tert-alkyl or cyclic N) is 1. The first-order valence-corrected chi connectivity index (χ1v) is 7.90. The minimum atomic E-state index is -1.23. The highest BCUT2D eigenvalue weighted by atomic mass is 19.1. The molecule has 1 aliphatic heterocycles. The van der Waals surface area contributed by atoms with Gasteiger partial charge in [0.05, 0.1) is 18.6 Å². The van der Waals surface area contributed by atoms with Crippen LogP contribution >= 0.6 is 0 Å². The number of halogens is 1. The summed E-state index contributed by atoms with van der Waals surface area (Å²) in [5, 5.41) is 19.9. The van der Waals surface area contributed by atoms with Gasteiger partial charge in [0.15, 0.2) is 11.6 Å². The van der Waals surface area contributed by atoms with E-state index in [0.29, 0.717) is 12.8 Å². The Hall–Kier alpha value is -2.15. The average molecular weight is 339 g/mol. The molecule has 6 nitrogen and oxygen atoms in total. The van der Waals surface area contributed by atoms with Gasteiger partial charge in [-0.1, -0.05) is 13.3 Å². The zero-order chi connectivity index (χ0) is 17.9. The predicted octanol–water partition coefficient (Wildman–Crippen LogP) is 1.91. The summed E-state index contributed by atoms with van der Waals surface area (Å²) in [5.41, 5.74) is -1.09. The fourth-order valence-corrected chi connectivity index (χ4v) is 3.24. The molecule has 2 atom stereocenters. The maximum atomic E-state index is 13.8. The Balaban J connectivity index is 2.17. The normalized spacial score (nSPS) is 23.8. The molecule has 2 rings (SSSR count). The van der Waals surface area contributed by atoms with Gasteiger partial charge < -0.3 is 19.8 Å². The van der Waals surface area contributed by atoms with Gasteiger partial charge in [-0.3, -0.25) is 9.59 Å².